The van der Waals surface area contributed by atoms with E-state index in [0.717, 1.165) is 17.2 Å². The SMILES string of the molecule is CN(O)CCc1ccccn1. The van der Waals surface area contributed by atoms with E-state index in [9.17, 15) is 0 Å². The summed E-state index contributed by atoms with van der Waals surface area (Å²) in [6.07, 6.45) is 2.54. The Morgan fingerprint density at radius 2 is 2.36 bits per heavy atom. The zero-order valence-corrected chi connectivity index (χ0v) is 6.57. The van der Waals surface area contributed by atoms with E-state index in [1.807, 2.05) is 18.2 Å². The Kier molecular flexibility index (Phi) is 3.01. The van der Waals surface area contributed by atoms with Crippen molar-refractivity contribution < 1.29 is 5.21 Å². The van der Waals surface area contributed by atoms with Crippen LogP contribution in [0.25, 0.3) is 0 Å². The summed E-state index contributed by atoms with van der Waals surface area (Å²) in [5, 5.41) is 9.98. The first-order valence-corrected chi connectivity index (χ1v) is 3.59. The second-order valence-electron chi connectivity index (χ2n) is 2.45. The number of pyridine rings is 1. The van der Waals surface area contributed by atoms with Crippen LogP contribution in [-0.4, -0.2) is 28.8 Å². The Labute approximate surface area is 66.3 Å². The highest BCUT2D eigenvalue weighted by Crippen LogP contribution is 1.94. The normalized spacial score (nSPS) is 10.5. The van der Waals surface area contributed by atoms with Crippen molar-refractivity contribution >= 4 is 0 Å². The van der Waals surface area contributed by atoms with Gasteiger partial charge in [0.2, 0.25) is 0 Å². The first-order valence-electron chi connectivity index (χ1n) is 3.59. The number of hydroxylamine groups is 2. The minimum atomic E-state index is 0.622. The lowest BCUT2D eigenvalue weighted by atomic mass is 10.3. The van der Waals surface area contributed by atoms with Crippen LogP contribution in [0.3, 0.4) is 0 Å². The first-order chi connectivity index (χ1) is 5.29. The maximum Gasteiger partial charge on any atom is 0.0417 e. The summed E-state index contributed by atoms with van der Waals surface area (Å²) < 4.78 is 0. The van der Waals surface area contributed by atoms with E-state index in [-0.39, 0.29) is 0 Å². The molecule has 0 spiro atoms. The third kappa shape index (κ3) is 3.11. The van der Waals surface area contributed by atoms with E-state index in [4.69, 9.17) is 5.21 Å². The number of nitrogens with zero attached hydrogens (tertiary/aromatic N) is 2. The zero-order valence-electron chi connectivity index (χ0n) is 6.57. The fourth-order valence-electron chi connectivity index (χ4n) is 0.822. The molecular formula is C8H12N2O. The molecule has 0 aliphatic heterocycles. The van der Waals surface area contributed by atoms with Crippen molar-refractivity contribution in [1.29, 1.82) is 0 Å². The van der Waals surface area contributed by atoms with E-state index >= 15 is 0 Å². The van der Waals surface area contributed by atoms with E-state index in [1.54, 1.807) is 13.2 Å². The van der Waals surface area contributed by atoms with Gasteiger partial charge in [0.25, 0.3) is 0 Å². The van der Waals surface area contributed by atoms with Crippen LogP contribution in [0, 0.1) is 0 Å². The van der Waals surface area contributed by atoms with Gasteiger partial charge in [0.05, 0.1) is 0 Å². The predicted octanol–water partition coefficient (Wildman–Crippen LogP) is 0.945. The van der Waals surface area contributed by atoms with Crippen molar-refractivity contribution in [3.8, 4) is 0 Å². The summed E-state index contributed by atoms with van der Waals surface area (Å²) in [7, 11) is 1.63. The molecule has 0 amide bonds. The summed E-state index contributed by atoms with van der Waals surface area (Å²) in [6, 6.07) is 5.77. The minimum absolute atomic E-state index is 0.622. The second kappa shape index (κ2) is 4.05. The van der Waals surface area contributed by atoms with Gasteiger partial charge in [-0.3, -0.25) is 4.98 Å². The van der Waals surface area contributed by atoms with E-state index < -0.39 is 0 Å². The molecule has 0 bridgehead atoms. The monoisotopic (exact) mass is 152 g/mol. The van der Waals surface area contributed by atoms with Gasteiger partial charge in [-0.15, -0.1) is 0 Å². The number of hydrogen-bond donors (Lipinski definition) is 1. The van der Waals surface area contributed by atoms with Crippen LogP contribution in [0.15, 0.2) is 24.4 Å². The van der Waals surface area contributed by atoms with Crippen LogP contribution in [0.1, 0.15) is 5.69 Å². The van der Waals surface area contributed by atoms with Gasteiger partial charge in [-0.2, -0.15) is 5.06 Å². The van der Waals surface area contributed by atoms with Gasteiger partial charge in [0.15, 0.2) is 0 Å². The molecule has 11 heavy (non-hydrogen) atoms. The van der Waals surface area contributed by atoms with Crippen LogP contribution < -0.4 is 0 Å². The fourth-order valence-corrected chi connectivity index (χ4v) is 0.822. The molecule has 1 N–H and O–H groups in total. The average molecular weight is 152 g/mol. The van der Waals surface area contributed by atoms with Crippen molar-refractivity contribution in [2.45, 2.75) is 6.42 Å². The highest BCUT2D eigenvalue weighted by atomic mass is 16.5. The molecule has 0 aliphatic carbocycles. The second-order valence-corrected chi connectivity index (χ2v) is 2.45. The smallest absolute Gasteiger partial charge is 0.0417 e. The van der Waals surface area contributed by atoms with Crippen molar-refractivity contribution in [3.63, 3.8) is 0 Å². The lowest BCUT2D eigenvalue weighted by Gasteiger charge is -2.05. The van der Waals surface area contributed by atoms with Crippen LogP contribution in [0.5, 0.6) is 0 Å². The maximum atomic E-state index is 8.82. The van der Waals surface area contributed by atoms with Gasteiger partial charge in [0.1, 0.15) is 0 Å². The lowest BCUT2D eigenvalue weighted by molar-refractivity contribution is -0.0636. The Morgan fingerprint density at radius 1 is 1.55 bits per heavy atom. The Bertz CT molecular complexity index is 199. The molecule has 1 heterocycles. The molecule has 0 aliphatic rings. The molecule has 1 aromatic heterocycles. The average Bonchev–Trinajstić information content (AvgIpc) is 2.03. The number of aromatic nitrogens is 1. The van der Waals surface area contributed by atoms with Crippen LogP contribution in [0.4, 0.5) is 0 Å². The molecule has 0 unspecified atom stereocenters. The molecule has 1 rings (SSSR count). The standard InChI is InChI=1S/C8H12N2O/c1-10(11)7-5-8-4-2-3-6-9-8/h2-4,6,11H,5,7H2,1H3. The summed E-state index contributed by atoms with van der Waals surface area (Å²) in [4.78, 5) is 4.11. The third-order valence-electron chi connectivity index (χ3n) is 1.42. The van der Waals surface area contributed by atoms with Gasteiger partial charge < -0.3 is 5.21 Å². The Balaban J connectivity index is 2.39. The zero-order chi connectivity index (χ0) is 8.10. The molecule has 0 radical (unpaired) electrons. The minimum Gasteiger partial charge on any atom is -0.314 e. The topological polar surface area (TPSA) is 36.4 Å². The molecule has 3 nitrogen and oxygen atoms in total. The summed E-state index contributed by atoms with van der Waals surface area (Å²) in [5.74, 6) is 0. The summed E-state index contributed by atoms with van der Waals surface area (Å²) in [5.41, 5.74) is 1.01. The first kappa shape index (κ1) is 8.17. The van der Waals surface area contributed by atoms with E-state index in [2.05, 4.69) is 4.98 Å². The molecule has 1 aromatic rings. The number of likely N-dealkylation sites (N-methyl/N-ethyl adjacent to an activating group) is 1. The van der Waals surface area contributed by atoms with Crippen LogP contribution in [-0.2, 0) is 6.42 Å². The molecule has 0 fully saturated rings. The van der Waals surface area contributed by atoms with Gasteiger partial charge in [-0.05, 0) is 12.1 Å². The van der Waals surface area contributed by atoms with Crippen LogP contribution in [0.2, 0.25) is 0 Å². The molecule has 60 valence electrons. The number of hydrogen-bond acceptors (Lipinski definition) is 3. The molecular weight excluding hydrogens is 140 g/mol. The highest BCUT2D eigenvalue weighted by Gasteiger charge is 1.94. The summed E-state index contributed by atoms with van der Waals surface area (Å²) >= 11 is 0. The highest BCUT2D eigenvalue weighted by molar-refractivity contribution is 5.03. The molecule has 0 saturated heterocycles. The largest absolute Gasteiger partial charge is 0.314 e. The van der Waals surface area contributed by atoms with Crippen molar-refractivity contribution in [1.82, 2.24) is 10.0 Å². The predicted molar refractivity (Wildman–Crippen MR) is 42.4 cm³/mol. The van der Waals surface area contributed by atoms with Gasteiger partial charge >= 0.3 is 0 Å². The summed E-state index contributed by atoms with van der Waals surface area (Å²) in [6.45, 7) is 0.622. The third-order valence-corrected chi connectivity index (χ3v) is 1.42. The van der Waals surface area contributed by atoms with Crippen LogP contribution >= 0.6 is 0 Å². The van der Waals surface area contributed by atoms with Crippen molar-refractivity contribution in [2.75, 3.05) is 13.6 Å². The van der Waals surface area contributed by atoms with Gasteiger partial charge in [-0.25, -0.2) is 0 Å². The maximum absolute atomic E-state index is 8.82. The molecule has 0 atom stereocenters. The number of rotatable bonds is 3. The lowest BCUT2D eigenvalue weighted by Crippen LogP contribution is -2.16. The van der Waals surface area contributed by atoms with Crippen molar-refractivity contribution in [2.24, 2.45) is 0 Å². The Morgan fingerprint density at radius 3 is 2.91 bits per heavy atom. The molecule has 0 aromatic carbocycles. The molecule has 0 saturated carbocycles. The van der Waals surface area contributed by atoms with Gasteiger partial charge in [-0.1, -0.05) is 6.07 Å². The Hall–Kier alpha value is -0.930. The fraction of sp³-hybridized carbons (Fsp3) is 0.375. The van der Waals surface area contributed by atoms with Gasteiger partial charge in [0, 0.05) is 31.9 Å². The molecule has 3 heteroatoms. The quantitative estimate of drug-likeness (QED) is 0.655. The van der Waals surface area contributed by atoms with E-state index in [1.165, 1.54) is 0 Å². The van der Waals surface area contributed by atoms with Crippen molar-refractivity contribution in [3.05, 3.63) is 30.1 Å². The van der Waals surface area contributed by atoms with E-state index in [0.29, 0.717) is 6.54 Å².